The van der Waals surface area contributed by atoms with E-state index >= 15 is 0 Å². The van der Waals surface area contributed by atoms with Crippen molar-refractivity contribution in [3.63, 3.8) is 0 Å². The van der Waals surface area contributed by atoms with Gasteiger partial charge in [-0.05, 0) is 82.6 Å². The number of aromatic nitrogens is 4. The van der Waals surface area contributed by atoms with Gasteiger partial charge in [-0.3, -0.25) is 19.9 Å². The number of hydrogen-bond acceptors (Lipinski definition) is 12. The summed E-state index contributed by atoms with van der Waals surface area (Å²) in [5.74, 6) is 0. The molecule has 0 fully saturated rings. The van der Waals surface area contributed by atoms with Crippen molar-refractivity contribution in [2.24, 2.45) is 0 Å². The van der Waals surface area contributed by atoms with E-state index in [1.807, 2.05) is 30.6 Å². The Morgan fingerprint density at radius 3 is 1.35 bits per heavy atom. The van der Waals surface area contributed by atoms with E-state index in [9.17, 15) is 0 Å². The maximum absolute atomic E-state index is 8.49. The van der Waals surface area contributed by atoms with E-state index < -0.39 is 20.5 Å². The van der Waals surface area contributed by atoms with Crippen LogP contribution in [0.4, 0.5) is 0 Å². The molecule has 361 valence electrons. The number of nitrogens with zero attached hydrogens (tertiary/aromatic N) is 4. The zero-order valence-corrected chi connectivity index (χ0v) is 40.7. The van der Waals surface area contributed by atoms with Crippen molar-refractivity contribution in [1.82, 2.24) is 19.9 Å². The minimum absolute atomic E-state index is 0. The first-order valence-corrected chi connectivity index (χ1v) is 25.4. The Morgan fingerprint density at radius 2 is 0.824 bits per heavy atom. The molecule has 68 heavy (non-hydrogen) atoms. The molecule has 0 spiro atoms. The average molecular weight is 1010 g/mol. The third-order valence-corrected chi connectivity index (χ3v) is 12.3. The Labute approximate surface area is 412 Å². The van der Waals surface area contributed by atoms with Gasteiger partial charge in [0.15, 0.2) is 0 Å². The Hall–Kier alpha value is -4.70. The van der Waals surface area contributed by atoms with Crippen molar-refractivity contribution in [2.75, 3.05) is 0 Å². The van der Waals surface area contributed by atoms with E-state index in [1.165, 1.54) is 118 Å². The summed E-state index contributed by atoms with van der Waals surface area (Å²) >= 11 is 0. The number of pyridine rings is 4. The summed E-state index contributed by atoms with van der Waals surface area (Å²) in [6.45, 7) is 4.62. The van der Waals surface area contributed by atoms with Gasteiger partial charge < -0.3 is 0 Å². The molecule has 15 heteroatoms. The summed E-state index contributed by atoms with van der Waals surface area (Å²) in [6.07, 6.45) is 25.9. The molecule has 9 rings (SSSR count). The van der Waals surface area contributed by atoms with Gasteiger partial charge in [0.25, 0.3) is 0 Å². The van der Waals surface area contributed by atoms with E-state index in [-0.39, 0.29) is 22.5 Å². The molecule has 1 radical (unpaired) electrons. The molecule has 0 bridgehead atoms. The van der Waals surface area contributed by atoms with Gasteiger partial charge in [0.05, 0.1) is 22.1 Å². The van der Waals surface area contributed by atoms with Crippen LogP contribution in [-0.4, -0.2) is 19.9 Å². The van der Waals surface area contributed by atoms with Gasteiger partial charge in [-0.25, -0.2) is 37.3 Å². The largest absolute Gasteiger partial charge is 2.00 e. The first-order valence-electron chi connectivity index (χ1n) is 22.9. The summed E-state index contributed by atoms with van der Waals surface area (Å²) in [4.78, 5) is 18.2. The van der Waals surface area contributed by atoms with Crippen LogP contribution in [0.25, 0.3) is 65.9 Å². The second-order valence-electron chi connectivity index (χ2n) is 16.8. The van der Waals surface area contributed by atoms with Crippen LogP contribution in [0.2, 0.25) is 0 Å². The van der Waals surface area contributed by atoms with Gasteiger partial charge in [0.1, 0.15) is 0 Å². The first-order chi connectivity index (χ1) is 32.2. The molecule has 0 saturated carbocycles. The molecular weight excluding hydrogens is 955 g/mol. The normalized spacial score (nSPS) is 12.5. The third kappa shape index (κ3) is 14.9. The van der Waals surface area contributed by atoms with Crippen LogP contribution in [0.1, 0.15) is 115 Å². The van der Waals surface area contributed by atoms with Crippen LogP contribution in [0.5, 0.6) is 0 Å². The number of benzene rings is 4. The summed E-state index contributed by atoms with van der Waals surface area (Å²) < 4.78 is 67.9. The summed E-state index contributed by atoms with van der Waals surface area (Å²) in [7, 11) is -9.89. The van der Waals surface area contributed by atoms with Crippen LogP contribution < -0.4 is 37.3 Å². The SMILES string of the molecule is CCCCCCCCC1(CCCCCCCC)c2ccccc2-c2ccc(-c3cc4cccnc4c4ncccc34)cc21.[Cu+2].[O-][Cl+3]([O-])([O-])[O-].[O-][Cl+3]([O-])([O-])[O-].c1cnc2c(c1)ccc1cccnc12. The van der Waals surface area contributed by atoms with E-state index in [0.717, 1.165) is 38.2 Å². The van der Waals surface area contributed by atoms with Crippen LogP contribution in [0.3, 0.4) is 0 Å². The standard InChI is InChI=1S/C41H48N2.C12H8N2.2ClHO4.Cu/c1-3-5-7-9-11-15-25-41(26-16-12-10-8-6-4-2)37-22-14-13-20-33(37)34-24-23-31(30-38(34)41)36-29-32-19-17-27-42-39(32)40-35(36)21-18-28-43-40;1-3-9-5-6-10-4-2-8-14-12(10)11(9)13-7-1;2*2-1(3,4)5;/h13-14,17-24,27-30H,3-12,15-16,25-26H2,1-2H3;1-8H;2*(H,2,3,4,5);/q;;;;+2/p-2. The fourth-order valence-corrected chi connectivity index (χ4v) is 9.40. The molecule has 0 atom stereocenters. The van der Waals surface area contributed by atoms with Crippen LogP contribution >= 0.6 is 0 Å². The molecule has 0 unspecified atom stereocenters. The quantitative estimate of drug-likeness (QED) is 0.0705. The van der Waals surface area contributed by atoms with E-state index in [4.69, 9.17) is 47.2 Å². The van der Waals surface area contributed by atoms with Crippen LogP contribution in [0, 0.1) is 20.5 Å². The number of fused-ring (bicyclic) bond motifs is 9. The predicted molar refractivity (Wildman–Crippen MR) is 242 cm³/mol. The van der Waals surface area contributed by atoms with Crippen LogP contribution in [0.15, 0.2) is 134 Å². The van der Waals surface area contributed by atoms with Gasteiger partial charge in [0, 0.05) is 51.7 Å². The molecule has 12 nitrogen and oxygen atoms in total. The van der Waals surface area contributed by atoms with Crippen molar-refractivity contribution in [1.29, 1.82) is 0 Å². The molecule has 0 N–H and O–H groups in total. The molecule has 1 aliphatic rings. The van der Waals surface area contributed by atoms with E-state index in [0.29, 0.717) is 0 Å². The first kappa shape index (κ1) is 54.2. The third-order valence-electron chi connectivity index (χ3n) is 12.3. The monoisotopic (exact) mass is 1010 g/mol. The fraction of sp³-hybridized carbons (Fsp3) is 0.321. The van der Waals surface area contributed by atoms with Gasteiger partial charge >= 0.3 is 17.1 Å². The predicted octanol–water partition coefficient (Wildman–Crippen LogP) is 5.49. The smallest absolute Gasteiger partial charge is 0.254 e. The Bertz CT molecular complexity index is 2750. The van der Waals surface area contributed by atoms with Crippen molar-refractivity contribution >= 4 is 43.6 Å². The minimum Gasteiger partial charge on any atom is -0.254 e. The maximum atomic E-state index is 8.49. The summed E-state index contributed by atoms with van der Waals surface area (Å²) in [5, 5.41) is 4.61. The number of hydrogen-bond donors (Lipinski definition) is 0. The molecule has 4 aromatic heterocycles. The average Bonchev–Trinajstić information content (AvgIpc) is 3.58. The summed E-state index contributed by atoms with van der Waals surface area (Å²) in [6, 6.07) is 39.6. The second kappa shape index (κ2) is 25.8. The van der Waals surface area contributed by atoms with Gasteiger partial charge in [-0.2, -0.15) is 0 Å². The maximum Gasteiger partial charge on any atom is 2.00 e. The minimum atomic E-state index is -4.94. The fourth-order valence-electron chi connectivity index (χ4n) is 9.40. The molecule has 0 aliphatic heterocycles. The summed E-state index contributed by atoms with van der Waals surface area (Å²) in [5.41, 5.74) is 12.6. The van der Waals surface area contributed by atoms with E-state index in [1.54, 1.807) is 23.5 Å². The number of halogens is 2. The molecule has 0 saturated heterocycles. The zero-order chi connectivity index (χ0) is 47.9. The van der Waals surface area contributed by atoms with Crippen molar-refractivity contribution in [3.8, 4) is 22.3 Å². The number of unbranched alkanes of at least 4 members (excludes halogenated alkanes) is 10. The topological polar surface area (TPSA) is 236 Å². The van der Waals surface area contributed by atoms with E-state index in [2.05, 4.69) is 115 Å². The molecule has 0 amide bonds. The molecule has 1 aliphatic carbocycles. The molecule has 8 aromatic rings. The van der Waals surface area contributed by atoms with Gasteiger partial charge in [-0.15, -0.1) is 20.5 Å². The van der Waals surface area contributed by atoms with Crippen molar-refractivity contribution in [3.05, 3.63) is 145 Å². The Morgan fingerprint density at radius 1 is 0.397 bits per heavy atom. The van der Waals surface area contributed by atoms with Crippen molar-refractivity contribution in [2.45, 2.75) is 109 Å². The van der Waals surface area contributed by atoms with Crippen molar-refractivity contribution < 1.29 is 74.8 Å². The second-order valence-corrected chi connectivity index (χ2v) is 18.3. The van der Waals surface area contributed by atoms with Gasteiger partial charge in [0.2, 0.25) is 0 Å². The Balaban J connectivity index is 0.000000281. The van der Waals surface area contributed by atoms with Crippen LogP contribution in [-0.2, 0) is 22.5 Å². The van der Waals surface area contributed by atoms with Gasteiger partial charge in [-0.1, -0.05) is 164 Å². The Kier molecular flexibility index (Phi) is 20.6. The zero-order valence-electron chi connectivity index (χ0n) is 38.2. The number of rotatable bonds is 15. The molecule has 4 aromatic carbocycles. The molecular formula is C53H56Cl2CuN4O8. The molecule has 4 heterocycles.